The third-order valence-corrected chi connectivity index (χ3v) is 5.94. The fraction of sp³-hybridized carbons (Fsp3) is 0.542. The number of rotatable bonds is 8. The van der Waals surface area contributed by atoms with E-state index in [0.29, 0.717) is 0 Å². The van der Waals surface area contributed by atoms with E-state index < -0.39 is 0 Å². The van der Waals surface area contributed by atoms with E-state index in [-0.39, 0.29) is 11.9 Å². The number of hydrogen-bond donors (Lipinski definition) is 1. The molecule has 0 radical (unpaired) electrons. The first-order valence-electron chi connectivity index (χ1n) is 10.9. The van der Waals surface area contributed by atoms with Crippen LogP contribution in [0.1, 0.15) is 44.6 Å². The minimum absolute atomic E-state index is 0.0395. The predicted molar refractivity (Wildman–Crippen MR) is 117 cm³/mol. The molecule has 0 unspecified atom stereocenters. The van der Waals surface area contributed by atoms with Crippen LogP contribution in [0.2, 0.25) is 0 Å². The van der Waals surface area contributed by atoms with Crippen LogP contribution in [0.3, 0.4) is 0 Å². The molecular weight excluding hydrogens is 346 g/mol. The Morgan fingerprint density at radius 3 is 2.64 bits per heavy atom. The molecule has 1 amide bonds. The fourth-order valence-corrected chi connectivity index (χ4v) is 4.03. The molecule has 0 saturated carbocycles. The summed E-state index contributed by atoms with van der Waals surface area (Å²) in [5, 5.41) is 3.14. The Bertz CT molecular complexity index is 660. The Morgan fingerprint density at radius 1 is 1.14 bits per heavy atom. The smallest absolute Gasteiger partial charge is 0.237 e. The molecular formula is C24H35N3O. The van der Waals surface area contributed by atoms with Gasteiger partial charge in [-0.1, -0.05) is 54.1 Å². The largest absolute Gasteiger partial charge is 0.354 e. The van der Waals surface area contributed by atoms with Crippen molar-refractivity contribution in [3.05, 3.63) is 53.6 Å². The summed E-state index contributed by atoms with van der Waals surface area (Å²) in [6.07, 6.45) is 12.9. The lowest BCUT2D eigenvalue weighted by Gasteiger charge is -2.37. The van der Waals surface area contributed by atoms with Gasteiger partial charge in [0.15, 0.2) is 0 Å². The zero-order chi connectivity index (χ0) is 19.6. The summed E-state index contributed by atoms with van der Waals surface area (Å²) in [5.74, 6) is 0.175. The molecule has 1 N–H and O–H groups in total. The topological polar surface area (TPSA) is 35.6 Å². The summed E-state index contributed by atoms with van der Waals surface area (Å²) in [7, 11) is 0. The molecule has 0 spiro atoms. The number of nitrogens with one attached hydrogen (secondary N) is 1. The summed E-state index contributed by atoms with van der Waals surface area (Å²) in [5.41, 5.74) is 2.77. The molecule has 1 aliphatic heterocycles. The van der Waals surface area contributed by atoms with E-state index in [9.17, 15) is 4.79 Å². The highest BCUT2D eigenvalue weighted by atomic mass is 16.2. The quantitative estimate of drug-likeness (QED) is 0.697. The Hall–Kier alpha value is -1.91. The molecule has 3 rings (SSSR count). The minimum Gasteiger partial charge on any atom is -0.354 e. The first-order valence-corrected chi connectivity index (χ1v) is 10.9. The zero-order valence-electron chi connectivity index (χ0n) is 17.3. The lowest BCUT2D eigenvalue weighted by atomic mass is 9.97. The summed E-state index contributed by atoms with van der Waals surface area (Å²) >= 11 is 0. The van der Waals surface area contributed by atoms with Crippen molar-refractivity contribution in [1.29, 1.82) is 0 Å². The molecule has 1 heterocycles. The van der Waals surface area contributed by atoms with Gasteiger partial charge in [0.05, 0.1) is 6.04 Å². The van der Waals surface area contributed by atoms with Gasteiger partial charge in [-0.05, 0) is 44.6 Å². The minimum atomic E-state index is -0.0395. The van der Waals surface area contributed by atoms with Gasteiger partial charge in [0.2, 0.25) is 5.91 Å². The Labute approximate surface area is 170 Å². The van der Waals surface area contributed by atoms with E-state index in [4.69, 9.17) is 0 Å². The highest BCUT2D eigenvalue weighted by molar-refractivity contribution is 5.81. The van der Waals surface area contributed by atoms with Crippen LogP contribution in [0.5, 0.6) is 0 Å². The number of benzene rings is 1. The van der Waals surface area contributed by atoms with Gasteiger partial charge in [0, 0.05) is 39.3 Å². The van der Waals surface area contributed by atoms with Crippen LogP contribution in [0.4, 0.5) is 0 Å². The van der Waals surface area contributed by atoms with Gasteiger partial charge < -0.3 is 5.32 Å². The van der Waals surface area contributed by atoms with E-state index in [1.54, 1.807) is 0 Å². The van der Waals surface area contributed by atoms with Crippen LogP contribution >= 0.6 is 0 Å². The highest BCUT2D eigenvalue weighted by Crippen LogP contribution is 2.19. The van der Waals surface area contributed by atoms with Crippen molar-refractivity contribution in [2.24, 2.45) is 0 Å². The molecule has 1 aliphatic carbocycles. The van der Waals surface area contributed by atoms with Gasteiger partial charge in [0.25, 0.3) is 0 Å². The third-order valence-electron chi connectivity index (χ3n) is 5.94. The number of hydrogen-bond acceptors (Lipinski definition) is 3. The van der Waals surface area contributed by atoms with Crippen molar-refractivity contribution in [2.75, 3.05) is 39.3 Å². The number of nitrogens with zero attached hydrogens (tertiary/aromatic N) is 2. The second-order valence-corrected chi connectivity index (χ2v) is 7.97. The first-order chi connectivity index (χ1) is 13.7. The van der Waals surface area contributed by atoms with Crippen LogP contribution in [0.25, 0.3) is 6.08 Å². The maximum Gasteiger partial charge on any atom is 0.237 e. The van der Waals surface area contributed by atoms with Gasteiger partial charge >= 0.3 is 0 Å². The van der Waals surface area contributed by atoms with Crippen molar-refractivity contribution in [3.8, 4) is 0 Å². The zero-order valence-corrected chi connectivity index (χ0v) is 17.3. The fourth-order valence-electron chi connectivity index (χ4n) is 4.03. The van der Waals surface area contributed by atoms with Gasteiger partial charge in [-0.15, -0.1) is 0 Å². The van der Waals surface area contributed by atoms with E-state index in [0.717, 1.165) is 45.7 Å². The summed E-state index contributed by atoms with van der Waals surface area (Å²) < 4.78 is 0. The lowest BCUT2D eigenvalue weighted by Crippen LogP contribution is -2.53. The van der Waals surface area contributed by atoms with Crippen molar-refractivity contribution < 1.29 is 4.79 Å². The molecule has 1 fully saturated rings. The Balaban J connectivity index is 1.33. The van der Waals surface area contributed by atoms with E-state index in [1.165, 1.54) is 36.8 Å². The first kappa shape index (κ1) is 20.8. The molecule has 28 heavy (non-hydrogen) atoms. The van der Waals surface area contributed by atoms with Crippen molar-refractivity contribution in [1.82, 2.24) is 15.1 Å². The Kier molecular flexibility index (Phi) is 8.31. The number of amides is 1. The number of carbonyl (C=O) groups excluding carboxylic acids is 1. The van der Waals surface area contributed by atoms with Crippen LogP contribution < -0.4 is 5.32 Å². The van der Waals surface area contributed by atoms with Gasteiger partial charge in [-0.2, -0.15) is 0 Å². The standard InChI is InChI=1S/C24H35N3O/c1-21(24(28)25-15-14-23-11-6-3-7-12-23)27-19-17-26(18-20-27)16-8-13-22-9-4-2-5-10-22/h2,4-5,8-11,13,21H,3,6-7,12,14-20H2,1H3,(H,25,28)/b13-8+/t21-/m0/s1. The maximum absolute atomic E-state index is 12.5. The molecule has 1 aromatic rings. The number of piperazine rings is 1. The molecule has 1 saturated heterocycles. The Morgan fingerprint density at radius 2 is 1.93 bits per heavy atom. The van der Waals surface area contributed by atoms with Crippen LogP contribution in [0, 0.1) is 0 Å². The van der Waals surface area contributed by atoms with E-state index >= 15 is 0 Å². The van der Waals surface area contributed by atoms with Gasteiger partial charge in [-0.3, -0.25) is 14.6 Å². The summed E-state index contributed by atoms with van der Waals surface area (Å²) in [6, 6.07) is 10.4. The SMILES string of the molecule is C[C@@H](C(=O)NCCC1=CCCCC1)N1CCN(C/C=C/c2ccccc2)CC1. The lowest BCUT2D eigenvalue weighted by molar-refractivity contribution is -0.126. The predicted octanol–water partition coefficient (Wildman–Crippen LogP) is 3.71. The van der Waals surface area contributed by atoms with Crippen molar-refractivity contribution in [2.45, 2.75) is 45.1 Å². The molecule has 4 heteroatoms. The van der Waals surface area contributed by atoms with Crippen LogP contribution in [-0.4, -0.2) is 61.0 Å². The molecule has 4 nitrogen and oxygen atoms in total. The number of allylic oxidation sites excluding steroid dienone is 1. The normalized spacial score (nSPS) is 20.1. The molecule has 0 aromatic heterocycles. The van der Waals surface area contributed by atoms with Gasteiger partial charge in [0.1, 0.15) is 0 Å². The second-order valence-electron chi connectivity index (χ2n) is 7.97. The van der Waals surface area contributed by atoms with Gasteiger partial charge in [-0.25, -0.2) is 0 Å². The molecule has 152 valence electrons. The van der Waals surface area contributed by atoms with Crippen LogP contribution in [-0.2, 0) is 4.79 Å². The molecule has 1 aromatic carbocycles. The molecule has 1 atom stereocenters. The van der Waals surface area contributed by atoms with E-state index in [1.807, 2.05) is 13.0 Å². The van der Waals surface area contributed by atoms with E-state index in [2.05, 4.69) is 57.6 Å². The molecule has 2 aliphatic rings. The average molecular weight is 382 g/mol. The molecule has 0 bridgehead atoms. The average Bonchev–Trinajstić information content (AvgIpc) is 2.75. The highest BCUT2D eigenvalue weighted by Gasteiger charge is 2.24. The second kappa shape index (κ2) is 11.2. The third kappa shape index (κ3) is 6.61. The van der Waals surface area contributed by atoms with Crippen LogP contribution in [0.15, 0.2) is 48.1 Å². The summed E-state index contributed by atoms with van der Waals surface area (Å²) in [6.45, 7) is 7.74. The number of carbonyl (C=O) groups is 1. The monoisotopic (exact) mass is 381 g/mol. The maximum atomic E-state index is 12.5. The van der Waals surface area contributed by atoms with Crippen molar-refractivity contribution >= 4 is 12.0 Å². The van der Waals surface area contributed by atoms with Crippen molar-refractivity contribution in [3.63, 3.8) is 0 Å². The summed E-state index contributed by atoms with van der Waals surface area (Å²) in [4.78, 5) is 17.3.